The molecule has 1 heterocycles. The maximum Gasteiger partial charge on any atom is 0.326 e. The summed E-state index contributed by atoms with van der Waals surface area (Å²) in [4.78, 5) is 27.7. The lowest BCUT2D eigenvalue weighted by atomic mass is 10.1. The molecule has 6 heteroatoms. The molecule has 2 aromatic rings. The first-order chi connectivity index (χ1) is 10.1. The Labute approximate surface area is 126 Å². The summed E-state index contributed by atoms with van der Waals surface area (Å²) >= 11 is 1.55. The lowest BCUT2D eigenvalue weighted by molar-refractivity contribution is -0.139. The molecule has 1 aromatic heterocycles. The van der Waals surface area contributed by atoms with Gasteiger partial charge in [0, 0.05) is 11.6 Å². The van der Waals surface area contributed by atoms with Gasteiger partial charge in [-0.25, -0.2) is 4.79 Å². The number of carbonyl (C=O) groups excluding carboxylic acids is 1. The molecule has 21 heavy (non-hydrogen) atoms. The monoisotopic (exact) mass is 304 g/mol. The molecule has 0 unspecified atom stereocenters. The highest BCUT2D eigenvalue weighted by atomic mass is 32.2. The van der Waals surface area contributed by atoms with E-state index in [2.05, 4.69) is 10.3 Å². The lowest BCUT2D eigenvalue weighted by Crippen LogP contribution is -2.41. The number of carboxylic acids is 1. The molecule has 0 aliphatic rings. The molecule has 5 nitrogen and oxygen atoms in total. The number of aliphatic carboxylic acids is 1. The zero-order chi connectivity index (χ0) is 15.2. The Balaban J connectivity index is 2.23. The number of aromatic nitrogens is 1. The Hall–Kier alpha value is -2.08. The molecule has 1 amide bonds. The largest absolute Gasteiger partial charge is 0.480 e. The number of thioether (sulfide) groups is 1. The molecule has 0 saturated carbocycles. The molecule has 0 aliphatic carbocycles. The predicted molar refractivity (Wildman–Crippen MR) is 83.6 cm³/mol. The second-order valence-corrected chi connectivity index (χ2v) is 5.51. The van der Waals surface area contributed by atoms with Gasteiger partial charge in [-0.05, 0) is 30.6 Å². The van der Waals surface area contributed by atoms with Gasteiger partial charge in [0.05, 0.1) is 11.1 Å². The minimum atomic E-state index is -1.02. The number of pyridine rings is 1. The maximum absolute atomic E-state index is 12.3. The fraction of sp³-hybridized carbons (Fsp3) is 0.267. The van der Waals surface area contributed by atoms with Gasteiger partial charge in [-0.15, -0.1) is 0 Å². The van der Waals surface area contributed by atoms with Crippen molar-refractivity contribution in [2.75, 3.05) is 12.0 Å². The van der Waals surface area contributed by atoms with Crippen molar-refractivity contribution in [3.63, 3.8) is 0 Å². The van der Waals surface area contributed by atoms with Crippen LogP contribution in [0.4, 0.5) is 0 Å². The minimum absolute atomic E-state index is 0.387. The van der Waals surface area contributed by atoms with Gasteiger partial charge in [0.2, 0.25) is 0 Å². The Kier molecular flexibility index (Phi) is 5.16. The highest BCUT2D eigenvalue weighted by Crippen LogP contribution is 2.16. The van der Waals surface area contributed by atoms with E-state index in [0.29, 0.717) is 28.6 Å². The zero-order valence-electron chi connectivity index (χ0n) is 11.6. The molecule has 0 spiro atoms. The molecule has 0 aliphatic heterocycles. The van der Waals surface area contributed by atoms with Gasteiger partial charge in [0.1, 0.15) is 6.04 Å². The van der Waals surface area contributed by atoms with Gasteiger partial charge in [-0.3, -0.25) is 9.78 Å². The number of amides is 1. The normalized spacial score (nSPS) is 12.0. The number of para-hydroxylation sites is 1. The van der Waals surface area contributed by atoms with E-state index in [1.165, 1.54) is 0 Å². The smallest absolute Gasteiger partial charge is 0.326 e. The molecule has 0 radical (unpaired) electrons. The van der Waals surface area contributed by atoms with Crippen molar-refractivity contribution >= 4 is 34.5 Å². The minimum Gasteiger partial charge on any atom is -0.480 e. The van der Waals surface area contributed by atoms with Crippen LogP contribution in [0.5, 0.6) is 0 Å². The molecule has 110 valence electrons. The Morgan fingerprint density at radius 3 is 2.81 bits per heavy atom. The molecule has 2 rings (SSSR count). The van der Waals surface area contributed by atoms with E-state index in [9.17, 15) is 14.7 Å². The third kappa shape index (κ3) is 3.72. The lowest BCUT2D eigenvalue weighted by Gasteiger charge is -2.14. The van der Waals surface area contributed by atoms with Crippen LogP contribution in [0.1, 0.15) is 16.8 Å². The number of hydrogen-bond donors (Lipinski definition) is 2. The highest BCUT2D eigenvalue weighted by Gasteiger charge is 2.21. The molecular weight excluding hydrogens is 288 g/mol. The number of carboxylic acid groups (broad SMARTS) is 1. The van der Waals surface area contributed by atoms with Crippen molar-refractivity contribution in [1.29, 1.82) is 0 Å². The van der Waals surface area contributed by atoms with E-state index in [1.807, 2.05) is 24.5 Å². The van der Waals surface area contributed by atoms with Crippen molar-refractivity contribution in [2.45, 2.75) is 12.5 Å². The van der Waals surface area contributed by atoms with Gasteiger partial charge in [-0.1, -0.05) is 18.2 Å². The van der Waals surface area contributed by atoms with Crippen LogP contribution in [0.25, 0.3) is 10.9 Å². The number of nitrogens with one attached hydrogen (secondary N) is 1. The third-order valence-electron chi connectivity index (χ3n) is 3.11. The first kappa shape index (κ1) is 15.3. The second-order valence-electron chi connectivity index (χ2n) is 4.52. The van der Waals surface area contributed by atoms with Crippen LogP contribution in [0, 0.1) is 0 Å². The summed E-state index contributed by atoms with van der Waals surface area (Å²) in [5.74, 6) is -0.730. The highest BCUT2D eigenvalue weighted by molar-refractivity contribution is 7.98. The fourth-order valence-corrected chi connectivity index (χ4v) is 2.49. The van der Waals surface area contributed by atoms with Gasteiger partial charge in [0.25, 0.3) is 5.91 Å². The molecule has 1 aromatic carbocycles. The first-order valence-corrected chi connectivity index (χ1v) is 7.89. The van der Waals surface area contributed by atoms with Crippen LogP contribution in [0.15, 0.2) is 36.5 Å². The van der Waals surface area contributed by atoms with Gasteiger partial charge >= 0.3 is 5.97 Å². The first-order valence-electron chi connectivity index (χ1n) is 6.50. The SMILES string of the molecule is CSCC[C@H](NC(=O)c1ccnc2ccccc12)C(=O)O. The van der Waals surface area contributed by atoms with E-state index >= 15 is 0 Å². The van der Waals surface area contributed by atoms with Crippen LogP contribution in [-0.4, -0.2) is 40.0 Å². The number of carbonyl (C=O) groups is 2. The third-order valence-corrected chi connectivity index (χ3v) is 3.75. The van der Waals surface area contributed by atoms with Gasteiger partial charge < -0.3 is 10.4 Å². The molecule has 2 N–H and O–H groups in total. The topological polar surface area (TPSA) is 79.3 Å². The zero-order valence-corrected chi connectivity index (χ0v) is 12.4. The molecular formula is C15H16N2O3S. The fourth-order valence-electron chi connectivity index (χ4n) is 2.02. The van der Waals surface area contributed by atoms with Crippen LogP contribution in [-0.2, 0) is 4.79 Å². The number of hydrogen-bond acceptors (Lipinski definition) is 4. The van der Waals surface area contributed by atoms with Crippen molar-refractivity contribution in [1.82, 2.24) is 10.3 Å². The van der Waals surface area contributed by atoms with E-state index in [0.717, 1.165) is 0 Å². The Bertz CT molecular complexity index is 655. The molecule has 0 fully saturated rings. The van der Waals surface area contributed by atoms with E-state index < -0.39 is 12.0 Å². The summed E-state index contributed by atoms with van der Waals surface area (Å²) in [6.45, 7) is 0. The summed E-state index contributed by atoms with van der Waals surface area (Å²) in [5.41, 5.74) is 1.15. The van der Waals surface area contributed by atoms with Crippen molar-refractivity contribution in [3.05, 3.63) is 42.1 Å². The standard InChI is InChI=1S/C15H16N2O3S/c1-21-9-7-13(15(19)20)17-14(18)11-6-8-16-12-5-3-2-4-10(11)12/h2-6,8,13H,7,9H2,1H3,(H,17,18)(H,19,20)/t13-/m0/s1. The predicted octanol–water partition coefficient (Wildman–Crippen LogP) is 2.17. The molecule has 1 atom stereocenters. The van der Waals surface area contributed by atoms with Crippen LogP contribution in [0.2, 0.25) is 0 Å². The van der Waals surface area contributed by atoms with Crippen molar-refractivity contribution in [3.8, 4) is 0 Å². The van der Waals surface area contributed by atoms with Gasteiger partial charge in [0.15, 0.2) is 0 Å². The number of benzene rings is 1. The average Bonchev–Trinajstić information content (AvgIpc) is 2.50. The van der Waals surface area contributed by atoms with Crippen LogP contribution < -0.4 is 5.32 Å². The van der Waals surface area contributed by atoms with Crippen LogP contribution in [0.3, 0.4) is 0 Å². The summed E-state index contributed by atoms with van der Waals surface area (Å²) in [5, 5.41) is 12.5. The quantitative estimate of drug-likeness (QED) is 0.855. The van der Waals surface area contributed by atoms with E-state index in [1.54, 1.807) is 30.1 Å². The Morgan fingerprint density at radius 1 is 1.33 bits per heavy atom. The van der Waals surface area contributed by atoms with Crippen LogP contribution >= 0.6 is 11.8 Å². The number of fused-ring (bicyclic) bond motifs is 1. The summed E-state index contributed by atoms with van der Waals surface area (Å²) in [6.07, 6.45) is 3.84. The number of nitrogens with zero attached hydrogens (tertiary/aromatic N) is 1. The summed E-state index contributed by atoms with van der Waals surface area (Å²) < 4.78 is 0. The maximum atomic E-state index is 12.3. The summed E-state index contributed by atoms with van der Waals surface area (Å²) in [6, 6.07) is 8.00. The van der Waals surface area contributed by atoms with Crippen molar-refractivity contribution in [2.24, 2.45) is 0 Å². The van der Waals surface area contributed by atoms with E-state index in [4.69, 9.17) is 0 Å². The van der Waals surface area contributed by atoms with Gasteiger partial charge in [-0.2, -0.15) is 11.8 Å². The molecule has 0 saturated heterocycles. The summed E-state index contributed by atoms with van der Waals surface area (Å²) in [7, 11) is 0. The average molecular weight is 304 g/mol. The van der Waals surface area contributed by atoms with E-state index in [-0.39, 0.29) is 5.91 Å². The second kappa shape index (κ2) is 7.08. The Morgan fingerprint density at radius 2 is 2.10 bits per heavy atom. The molecule has 0 bridgehead atoms. The van der Waals surface area contributed by atoms with Crippen molar-refractivity contribution < 1.29 is 14.7 Å². The number of rotatable bonds is 6.